The van der Waals surface area contributed by atoms with Crippen molar-refractivity contribution >= 4 is 99.7 Å². The quantitative estimate of drug-likeness (QED) is 0.0195. The van der Waals surface area contributed by atoms with E-state index in [1.807, 2.05) is 400 Å². The molecule has 1 aliphatic carbocycles. The second-order valence-corrected chi connectivity index (χ2v) is 36.9. The van der Waals surface area contributed by atoms with E-state index < -0.39 is 57.2 Å². The van der Waals surface area contributed by atoms with Crippen LogP contribution < -0.4 is 79.5 Å². The number of carbonyl (C=O) groups excluding carboxylic acids is 4. The fourth-order valence-corrected chi connectivity index (χ4v) is 21.6. The van der Waals surface area contributed by atoms with Gasteiger partial charge in [0.05, 0.1) is 0 Å². The Morgan fingerprint density at radius 1 is 0.180 bits per heavy atom. The molecule has 16 aromatic carbocycles. The number of carbonyl (C=O) groups is 4. The minimum Gasteiger partial charge on any atom is -0.464 e. The zero-order chi connectivity index (χ0) is 87.0. The van der Waals surface area contributed by atoms with Crippen molar-refractivity contribution in [3.63, 3.8) is 0 Å². The molecule has 8 bridgehead atoms. The molecule has 16 aromatic rings. The van der Waals surface area contributed by atoms with Gasteiger partial charge < -0.3 is 56.0 Å². The summed E-state index contributed by atoms with van der Waals surface area (Å²) in [6, 6.07) is 132. The molecule has 1 aliphatic rings. The van der Waals surface area contributed by atoms with Crippen molar-refractivity contribution in [3.05, 3.63) is 479 Å². The van der Waals surface area contributed by atoms with Gasteiger partial charge in [-0.1, -0.05) is 364 Å². The number of benzene rings is 16. The van der Waals surface area contributed by atoms with Crippen LogP contribution in [0.4, 0.5) is 19.2 Å². The van der Waals surface area contributed by atoms with Gasteiger partial charge in [-0.25, -0.2) is 19.2 Å². The molecule has 16 nitrogen and oxygen atoms in total. The summed E-state index contributed by atoms with van der Waals surface area (Å²) in [4.78, 5) is 59.7. The van der Waals surface area contributed by atoms with Gasteiger partial charge in [0.1, 0.15) is 72.4 Å². The largest absolute Gasteiger partial charge is 0.514 e. The highest BCUT2D eigenvalue weighted by molar-refractivity contribution is 7.70. The molecule has 20 heteroatoms. The summed E-state index contributed by atoms with van der Waals surface area (Å²) in [6.45, 7) is -0.597. The van der Waals surface area contributed by atoms with E-state index in [1.165, 1.54) is 12.1 Å². The molecule has 0 radical (unpaired) electrons. The number of hydrogen-bond donors (Lipinski definition) is 0. The van der Waals surface area contributed by atoms with E-state index in [2.05, 4.69) is 0 Å². The Balaban J connectivity index is 0.950. The van der Waals surface area contributed by atoms with Crippen molar-refractivity contribution in [3.8, 4) is 46.0 Å². The molecule has 17 rings (SSSR count). The molecule has 0 amide bonds. The van der Waals surface area contributed by atoms with Crippen LogP contribution in [0.1, 0.15) is 66.8 Å². The molecule has 0 atom stereocenters. The van der Waals surface area contributed by atoms with Crippen molar-refractivity contribution in [2.45, 2.75) is 52.1 Å². The molecule has 0 unspecified atom stereocenters. The molecule has 632 valence electrons. The maximum Gasteiger partial charge on any atom is 0.514 e. The van der Waals surface area contributed by atoms with Crippen LogP contribution in [0, 0.1) is 0 Å². The van der Waals surface area contributed by atoms with Crippen molar-refractivity contribution in [2.75, 3.05) is 0 Å². The first-order valence-electron chi connectivity index (χ1n) is 41.5. The Bertz CT molecular complexity index is 5490. The maximum atomic E-state index is 14.9. The normalized spacial score (nSPS) is 11.5. The Morgan fingerprint density at radius 2 is 0.320 bits per heavy atom. The average molecular weight is 1760 g/mol. The van der Waals surface area contributed by atoms with Crippen molar-refractivity contribution in [1.82, 2.24) is 0 Å². The number of fused-ring (bicyclic) bond motifs is 8. The molecule has 0 spiro atoms. The molecule has 0 aromatic heterocycles. The van der Waals surface area contributed by atoms with Gasteiger partial charge in [-0.2, -0.15) is 0 Å². The molecule has 0 heterocycles. The second-order valence-electron chi connectivity index (χ2n) is 29.7. The van der Waals surface area contributed by atoms with Crippen LogP contribution in [0.15, 0.2) is 413 Å². The highest BCUT2D eigenvalue weighted by Gasteiger charge is 2.32. The summed E-state index contributed by atoms with van der Waals surface area (Å²) in [5.74, 6) is 1.32. The number of ether oxygens (including phenoxy) is 8. The van der Waals surface area contributed by atoms with E-state index in [0.717, 1.165) is 42.4 Å². The van der Waals surface area contributed by atoms with Crippen molar-refractivity contribution in [1.29, 1.82) is 0 Å². The molecule has 0 saturated carbocycles. The number of rotatable bonds is 28. The number of hydrogen-bond acceptors (Lipinski definition) is 16. The first-order valence-corrected chi connectivity index (χ1v) is 46.6. The Labute approximate surface area is 747 Å². The fourth-order valence-electron chi connectivity index (χ4n) is 14.5. The van der Waals surface area contributed by atoms with Crippen molar-refractivity contribution in [2.24, 2.45) is 0 Å². The van der Waals surface area contributed by atoms with E-state index in [4.69, 9.17) is 56.0 Å². The topological polar surface area (TPSA) is 179 Å². The fraction of sp³-hybridized carbons (Fsp3) is 0.0741. The van der Waals surface area contributed by atoms with Gasteiger partial charge in [-0.05, 0) is 68.8 Å². The third-order valence-corrected chi connectivity index (χ3v) is 28.4. The Kier molecular flexibility index (Phi) is 28.4. The lowest BCUT2D eigenvalue weighted by Gasteiger charge is -2.27. The molecule has 0 saturated heterocycles. The highest BCUT2D eigenvalue weighted by Crippen LogP contribution is 2.51. The molecular formula is C108H84O16P4. The van der Waals surface area contributed by atoms with Crippen LogP contribution >= 0.6 is 32.6 Å². The Hall–Kier alpha value is -14.5. The predicted octanol–water partition coefficient (Wildman–Crippen LogP) is 22.9. The first-order chi connectivity index (χ1) is 63.0. The molecular weight excluding hydrogens is 1680 g/mol. The zero-order valence-corrected chi connectivity index (χ0v) is 72.8. The highest BCUT2D eigenvalue weighted by atomic mass is 31.1. The van der Waals surface area contributed by atoms with E-state index in [9.17, 15) is 19.2 Å². The van der Waals surface area contributed by atoms with Crippen LogP contribution in [0.2, 0.25) is 0 Å². The van der Waals surface area contributed by atoms with E-state index in [1.54, 1.807) is 0 Å². The standard InChI is InChI=1S/C108H84O16P4/c109-105(113-73-77-37-13-1-14-38-77)117-97-69-98(118-106(110)114-74-78-39-15-2-16-40-78)82-61-81(97)63-85-67-87(102(122-126(91-49-25-7-26-50-91)92-51-27-8-28-52-92)71-101(85)121-125(89-45-21-5-22-46-89)90-47-23-6-24-48-90)65-83-62-84(100(120-108(112)116-76-80-43-19-4-20-44-80)70-99(83)119-107(111)115-75-79-41-17-3-18-42-79)66-88-68-86(64-82)103(123-127(93-53-29-9-30-54-93)94-55-31-10-32-56-94)72-104(88)124-128(95-57-33-11-34-58-95)96-59-35-12-36-60-96/h1-62,67-72H,63-66,73-76H2. The summed E-state index contributed by atoms with van der Waals surface area (Å²) >= 11 is 0. The van der Waals surface area contributed by atoms with Crippen LogP contribution in [0.3, 0.4) is 0 Å². The summed E-state index contributed by atoms with van der Waals surface area (Å²) in [6.07, 6.45) is -4.56. The van der Waals surface area contributed by atoms with E-state index >= 15 is 0 Å². The van der Waals surface area contributed by atoms with Gasteiger partial charge in [0.2, 0.25) is 0 Å². The maximum absolute atomic E-state index is 14.9. The zero-order valence-electron chi connectivity index (χ0n) is 69.2. The molecule has 128 heavy (non-hydrogen) atoms. The van der Waals surface area contributed by atoms with Crippen LogP contribution in [0.25, 0.3) is 0 Å². The molecule has 0 N–H and O–H groups in total. The monoisotopic (exact) mass is 1760 g/mol. The van der Waals surface area contributed by atoms with Gasteiger partial charge in [-0.15, -0.1) is 0 Å². The van der Waals surface area contributed by atoms with Crippen LogP contribution in [0.5, 0.6) is 46.0 Å². The van der Waals surface area contributed by atoms with Crippen molar-refractivity contribution < 1.29 is 75.2 Å². The molecule has 0 fully saturated rings. The summed E-state index contributed by atoms with van der Waals surface area (Å²) in [7, 11) is -6.93. The smallest absolute Gasteiger partial charge is 0.464 e. The van der Waals surface area contributed by atoms with Gasteiger partial charge in [0.25, 0.3) is 0 Å². The second kappa shape index (κ2) is 42.5. The minimum atomic E-state index is -1.73. The average Bonchev–Trinajstić information content (AvgIpc) is 0.765. The van der Waals surface area contributed by atoms with Crippen LogP contribution in [-0.2, 0) is 71.1 Å². The summed E-state index contributed by atoms with van der Waals surface area (Å²) in [5.41, 5.74) is 6.63. The van der Waals surface area contributed by atoms with E-state index in [-0.39, 0.29) is 75.1 Å². The lowest BCUT2D eigenvalue weighted by atomic mass is 9.91. The molecule has 0 aliphatic heterocycles. The van der Waals surface area contributed by atoms with Gasteiger partial charge in [0, 0.05) is 115 Å². The summed E-state index contributed by atoms with van der Waals surface area (Å²) in [5, 5.41) is 7.10. The summed E-state index contributed by atoms with van der Waals surface area (Å²) < 4.78 is 81.4. The third kappa shape index (κ3) is 22.6. The van der Waals surface area contributed by atoms with Gasteiger partial charge in [0.15, 0.2) is 32.6 Å². The van der Waals surface area contributed by atoms with Crippen LogP contribution in [-0.4, -0.2) is 24.6 Å². The predicted molar refractivity (Wildman–Crippen MR) is 505 cm³/mol. The Morgan fingerprint density at radius 3 is 0.484 bits per heavy atom. The van der Waals surface area contributed by atoms with E-state index in [0.29, 0.717) is 89.8 Å². The van der Waals surface area contributed by atoms with Gasteiger partial charge in [-0.3, -0.25) is 0 Å². The SMILES string of the molecule is O=C(OCc1ccccc1)Oc1cc(OC(=O)OCc2ccccc2)c2cc1Cc1cc(c(OP(c3ccccc3)c3ccccc3)cc1OP(c1ccccc1)c1ccccc1)Cc1cc(c(OC(=O)OCc3ccccc3)cc1OC(=O)OCc1ccccc1)Cc1cc(c(OP(c3ccccc3)c3ccccc3)cc1OP(c1ccccc1)c1ccccc1)C2. The lowest BCUT2D eigenvalue weighted by Crippen LogP contribution is -2.18. The first kappa shape index (κ1) is 85.7. The van der Waals surface area contributed by atoms with Gasteiger partial charge >= 0.3 is 24.6 Å². The minimum absolute atomic E-state index is 0.0448. The lowest BCUT2D eigenvalue weighted by molar-refractivity contribution is 0.0890. The third-order valence-electron chi connectivity index (χ3n) is 20.8.